The number of nitrogens with one attached hydrogen (secondary N) is 1. The van der Waals surface area contributed by atoms with Gasteiger partial charge in [0.2, 0.25) is 0 Å². The number of carbonyl (C=O) groups is 1. The van der Waals surface area contributed by atoms with Gasteiger partial charge in [0.1, 0.15) is 11.6 Å². The van der Waals surface area contributed by atoms with Crippen molar-refractivity contribution in [1.82, 2.24) is 0 Å². The number of carbonyl (C=O) groups excluding carboxylic acids is 1. The largest absolute Gasteiger partial charge is 0.365 e. The second-order valence-corrected chi connectivity index (χ2v) is 8.71. The van der Waals surface area contributed by atoms with Gasteiger partial charge >= 0.3 is 0 Å². The molecule has 0 unspecified atom stereocenters. The molecule has 0 spiro atoms. The minimum Gasteiger partial charge on any atom is -0.365 e. The molecular weight excluding hydrogens is 394 g/mol. The Morgan fingerprint density at radius 2 is 1.93 bits per heavy atom. The monoisotopic (exact) mass is 419 g/mol. The summed E-state index contributed by atoms with van der Waals surface area (Å²) >= 11 is 6.55. The van der Waals surface area contributed by atoms with E-state index in [1.54, 1.807) is 6.08 Å². The Hall–Kier alpha value is -3.03. The second kappa shape index (κ2) is 8.01. The van der Waals surface area contributed by atoms with E-state index in [1.807, 2.05) is 57.3 Å². The molecule has 0 saturated carbocycles. The fourth-order valence-electron chi connectivity index (χ4n) is 3.68. The maximum atomic E-state index is 12.7. The zero-order valence-electron chi connectivity index (χ0n) is 18.2. The molecule has 3 rings (SSSR count). The molecule has 1 heterocycles. The van der Waals surface area contributed by atoms with Gasteiger partial charge in [0.15, 0.2) is 0 Å². The lowest BCUT2D eigenvalue weighted by atomic mass is 9.88. The van der Waals surface area contributed by atoms with Crippen molar-refractivity contribution < 1.29 is 4.79 Å². The van der Waals surface area contributed by atoms with Gasteiger partial charge in [0.05, 0.1) is 5.54 Å². The van der Waals surface area contributed by atoms with Crippen molar-refractivity contribution in [3.8, 4) is 6.07 Å². The van der Waals surface area contributed by atoms with Crippen molar-refractivity contribution >= 4 is 40.5 Å². The first kappa shape index (κ1) is 21.7. The van der Waals surface area contributed by atoms with E-state index in [-0.39, 0.29) is 11.1 Å². The van der Waals surface area contributed by atoms with Crippen LogP contribution in [0, 0.1) is 25.2 Å². The predicted octanol–water partition coefficient (Wildman–Crippen LogP) is 6.13. The molecule has 0 aromatic heterocycles. The van der Waals surface area contributed by atoms with E-state index in [2.05, 4.69) is 37.1 Å². The van der Waals surface area contributed by atoms with Crippen LogP contribution in [-0.2, 0) is 4.79 Å². The third kappa shape index (κ3) is 3.99. The van der Waals surface area contributed by atoms with Gasteiger partial charge in [-0.2, -0.15) is 5.26 Å². The number of hydrogen-bond acceptors (Lipinski definition) is 3. The Bertz CT molecular complexity index is 1140. The van der Waals surface area contributed by atoms with Gasteiger partial charge in [-0.1, -0.05) is 29.8 Å². The summed E-state index contributed by atoms with van der Waals surface area (Å²) in [5, 5.41) is 12.9. The maximum Gasteiger partial charge on any atom is 0.266 e. The molecule has 2 aromatic rings. The SMILES string of the molecule is CC1=CC(C)(C)N(C)c2cc(Cl)c(/C=C(/C#N)C(=O)Nc3cccc(C)c3C)cc21. The Labute approximate surface area is 183 Å². The van der Waals surface area contributed by atoms with Crippen molar-refractivity contribution in [2.24, 2.45) is 0 Å². The van der Waals surface area contributed by atoms with Crippen LogP contribution >= 0.6 is 11.6 Å². The molecule has 0 atom stereocenters. The highest BCUT2D eigenvalue weighted by atomic mass is 35.5. The molecule has 0 saturated heterocycles. The average Bonchev–Trinajstić information content (AvgIpc) is 2.68. The lowest BCUT2D eigenvalue weighted by Gasteiger charge is -2.40. The van der Waals surface area contributed by atoms with Crippen molar-refractivity contribution in [3.05, 3.63) is 69.3 Å². The van der Waals surface area contributed by atoms with E-state index >= 15 is 0 Å². The number of nitriles is 1. The predicted molar refractivity (Wildman–Crippen MR) is 126 cm³/mol. The van der Waals surface area contributed by atoms with Crippen LogP contribution < -0.4 is 10.2 Å². The number of nitrogens with zero attached hydrogens (tertiary/aromatic N) is 2. The minimum absolute atomic E-state index is 0.00360. The summed E-state index contributed by atoms with van der Waals surface area (Å²) in [6.07, 6.45) is 3.76. The van der Waals surface area contributed by atoms with E-state index in [1.165, 1.54) is 0 Å². The van der Waals surface area contributed by atoms with Gasteiger partial charge < -0.3 is 10.2 Å². The van der Waals surface area contributed by atoms with E-state index in [9.17, 15) is 10.1 Å². The van der Waals surface area contributed by atoms with Gasteiger partial charge in [0, 0.05) is 29.0 Å². The summed E-state index contributed by atoms with van der Waals surface area (Å²) in [5.41, 5.74) is 6.47. The summed E-state index contributed by atoms with van der Waals surface area (Å²) in [7, 11) is 2.03. The van der Waals surface area contributed by atoms with Crippen LogP contribution in [0.2, 0.25) is 5.02 Å². The summed E-state index contributed by atoms with van der Waals surface area (Å²) in [4.78, 5) is 14.9. The molecule has 1 aliphatic heterocycles. The number of anilines is 2. The van der Waals surface area contributed by atoms with Gasteiger partial charge in [-0.05, 0) is 81.2 Å². The third-order valence-electron chi connectivity index (χ3n) is 5.85. The number of benzene rings is 2. The molecule has 1 N–H and O–H groups in total. The number of hydrogen-bond donors (Lipinski definition) is 1. The zero-order chi connectivity index (χ0) is 22.2. The quantitative estimate of drug-likeness (QED) is 0.480. The number of halogens is 1. The summed E-state index contributed by atoms with van der Waals surface area (Å²) in [6.45, 7) is 10.3. The molecular formula is C25H26ClN3O. The fraction of sp³-hybridized carbons (Fsp3) is 0.280. The molecule has 154 valence electrons. The number of aryl methyl sites for hydroxylation is 1. The first-order chi connectivity index (χ1) is 14.0. The first-order valence-corrected chi connectivity index (χ1v) is 10.2. The molecule has 2 aromatic carbocycles. The zero-order valence-corrected chi connectivity index (χ0v) is 19.0. The number of amides is 1. The fourth-order valence-corrected chi connectivity index (χ4v) is 3.89. The van der Waals surface area contributed by atoms with Crippen LogP contribution in [0.5, 0.6) is 0 Å². The summed E-state index contributed by atoms with van der Waals surface area (Å²) in [5.74, 6) is -0.453. The van der Waals surface area contributed by atoms with E-state index in [4.69, 9.17) is 11.6 Å². The molecule has 0 radical (unpaired) electrons. The highest BCUT2D eigenvalue weighted by Crippen LogP contribution is 2.40. The van der Waals surface area contributed by atoms with Gasteiger partial charge in [-0.15, -0.1) is 0 Å². The topological polar surface area (TPSA) is 56.1 Å². The second-order valence-electron chi connectivity index (χ2n) is 8.30. The number of likely N-dealkylation sites (N-methyl/N-ethyl adjacent to an activating group) is 1. The van der Waals surface area contributed by atoms with Crippen molar-refractivity contribution in [1.29, 1.82) is 5.26 Å². The normalized spacial score (nSPS) is 15.2. The molecule has 30 heavy (non-hydrogen) atoms. The molecule has 4 nitrogen and oxygen atoms in total. The van der Waals surface area contributed by atoms with Gasteiger partial charge in [-0.3, -0.25) is 4.79 Å². The van der Waals surface area contributed by atoms with Gasteiger partial charge in [-0.25, -0.2) is 0 Å². The van der Waals surface area contributed by atoms with Crippen molar-refractivity contribution in [2.75, 3.05) is 17.3 Å². The van der Waals surface area contributed by atoms with Gasteiger partial charge in [0.25, 0.3) is 5.91 Å². The highest BCUT2D eigenvalue weighted by Gasteiger charge is 2.29. The molecule has 0 aliphatic carbocycles. The molecule has 1 amide bonds. The summed E-state index contributed by atoms with van der Waals surface area (Å²) in [6, 6.07) is 11.5. The maximum absolute atomic E-state index is 12.7. The van der Waals surface area contributed by atoms with Crippen LogP contribution in [0.3, 0.4) is 0 Å². The molecule has 5 heteroatoms. The van der Waals surface area contributed by atoms with Crippen LogP contribution in [0.4, 0.5) is 11.4 Å². The Morgan fingerprint density at radius 1 is 1.23 bits per heavy atom. The number of rotatable bonds is 3. The lowest BCUT2D eigenvalue weighted by Crippen LogP contribution is -2.42. The minimum atomic E-state index is -0.453. The molecule has 1 aliphatic rings. The third-order valence-corrected chi connectivity index (χ3v) is 6.18. The van der Waals surface area contributed by atoms with E-state index < -0.39 is 5.91 Å². The Morgan fingerprint density at radius 3 is 2.60 bits per heavy atom. The lowest BCUT2D eigenvalue weighted by molar-refractivity contribution is -0.112. The Balaban J connectivity index is 1.99. The smallest absolute Gasteiger partial charge is 0.266 e. The molecule has 0 bridgehead atoms. The van der Waals surface area contributed by atoms with Crippen LogP contribution in [-0.4, -0.2) is 18.5 Å². The van der Waals surface area contributed by atoms with Crippen LogP contribution in [0.1, 0.15) is 43.0 Å². The van der Waals surface area contributed by atoms with Crippen LogP contribution in [0.25, 0.3) is 11.6 Å². The van der Waals surface area contributed by atoms with Crippen LogP contribution in [0.15, 0.2) is 42.0 Å². The standard InChI is InChI=1S/C25H26ClN3O/c1-15-8-7-9-22(17(15)3)28-24(30)19(14-27)10-18-11-20-16(2)13-25(4,5)29(6)23(20)12-21(18)26/h7-13H,1-6H3,(H,28,30)/b19-10-. The van der Waals surface area contributed by atoms with E-state index in [0.717, 1.165) is 28.0 Å². The number of fused-ring (bicyclic) bond motifs is 1. The first-order valence-electron chi connectivity index (χ1n) is 9.81. The van der Waals surface area contributed by atoms with E-state index in [0.29, 0.717) is 16.3 Å². The van der Waals surface area contributed by atoms with Crippen molar-refractivity contribution in [3.63, 3.8) is 0 Å². The summed E-state index contributed by atoms with van der Waals surface area (Å²) < 4.78 is 0. The number of allylic oxidation sites excluding steroid dienone is 1. The Kier molecular flexibility index (Phi) is 5.78. The highest BCUT2D eigenvalue weighted by molar-refractivity contribution is 6.32. The van der Waals surface area contributed by atoms with Crippen molar-refractivity contribution in [2.45, 2.75) is 40.2 Å². The average molecular weight is 420 g/mol. The molecule has 0 fully saturated rings.